The van der Waals surface area contributed by atoms with Gasteiger partial charge in [-0.25, -0.2) is 4.57 Å². The van der Waals surface area contributed by atoms with Gasteiger partial charge < -0.3 is 35.0 Å². The maximum absolute atomic E-state index is 10.2. The predicted molar refractivity (Wildman–Crippen MR) is 48.1 cm³/mol. The number of aliphatic hydroxyl groups excluding tert-OH is 4. The molecule has 9 nitrogen and oxygen atoms in total. The van der Waals surface area contributed by atoms with Crippen LogP contribution < -0.4 is 0 Å². The van der Waals surface area contributed by atoms with Crippen LogP contribution in [0.15, 0.2) is 0 Å². The van der Waals surface area contributed by atoms with Crippen LogP contribution in [0.2, 0.25) is 0 Å². The molecule has 0 amide bonds. The number of phosphoric ester groups is 1. The molecule has 0 saturated heterocycles. The third kappa shape index (κ3) is 5.64. The molecule has 0 aliphatic heterocycles. The van der Waals surface area contributed by atoms with Crippen LogP contribution in [-0.2, 0) is 13.9 Å². The molecule has 0 aromatic rings. The summed E-state index contributed by atoms with van der Waals surface area (Å²) >= 11 is 0. The lowest BCUT2D eigenvalue weighted by Gasteiger charge is -2.23. The van der Waals surface area contributed by atoms with E-state index in [4.69, 9.17) is 30.2 Å². The SMILES string of the molecule is O=C[C@H](O)[C@@H](O)[C@@H](O)[C@@H](O)COP(=O)(O)O. The average Bonchev–Trinajstić information content (AvgIpc) is 2.21. The van der Waals surface area contributed by atoms with Gasteiger partial charge in [-0.15, -0.1) is 0 Å². The Bertz CT molecular complexity index is 263. The topological polar surface area (TPSA) is 165 Å². The summed E-state index contributed by atoms with van der Waals surface area (Å²) in [6, 6.07) is 0. The fourth-order valence-corrected chi connectivity index (χ4v) is 1.13. The van der Waals surface area contributed by atoms with E-state index in [1.54, 1.807) is 0 Å². The van der Waals surface area contributed by atoms with Gasteiger partial charge in [-0.2, -0.15) is 0 Å². The van der Waals surface area contributed by atoms with Crippen molar-refractivity contribution in [2.75, 3.05) is 6.61 Å². The molecule has 6 N–H and O–H groups in total. The lowest BCUT2D eigenvalue weighted by atomic mass is 10.0. The fourth-order valence-electron chi connectivity index (χ4n) is 0.782. The number of rotatable bonds is 7. The van der Waals surface area contributed by atoms with Crippen LogP contribution in [0.5, 0.6) is 0 Å². The third-order valence-electron chi connectivity index (χ3n) is 1.65. The van der Waals surface area contributed by atoms with E-state index in [1.165, 1.54) is 0 Å². The molecule has 16 heavy (non-hydrogen) atoms. The molecule has 0 bridgehead atoms. The van der Waals surface area contributed by atoms with Crippen molar-refractivity contribution in [1.82, 2.24) is 0 Å². The second-order valence-electron chi connectivity index (χ2n) is 2.96. The van der Waals surface area contributed by atoms with E-state index in [2.05, 4.69) is 4.52 Å². The van der Waals surface area contributed by atoms with Gasteiger partial charge in [0.25, 0.3) is 0 Å². The van der Waals surface area contributed by atoms with Gasteiger partial charge in [-0.05, 0) is 0 Å². The van der Waals surface area contributed by atoms with Crippen molar-refractivity contribution in [2.45, 2.75) is 24.4 Å². The number of hydrogen-bond acceptors (Lipinski definition) is 7. The maximum atomic E-state index is 10.2. The van der Waals surface area contributed by atoms with E-state index in [9.17, 15) is 9.36 Å². The molecular weight excluding hydrogens is 247 g/mol. The van der Waals surface area contributed by atoms with E-state index < -0.39 is 38.8 Å². The van der Waals surface area contributed by atoms with Gasteiger partial charge in [0.15, 0.2) is 6.29 Å². The zero-order chi connectivity index (χ0) is 12.9. The van der Waals surface area contributed by atoms with Gasteiger partial charge in [0.05, 0.1) is 6.61 Å². The van der Waals surface area contributed by atoms with E-state index in [0.717, 1.165) is 0 Å². The van der Waals surface area contributed by atoms with E-state index in [-0.39, 0.29) is 6.29 Å². The number of phosphoric acid groups is 1. The molecule has 96 valence electrons. The molecule has 0 heterocycles. The number of aldehydes is 1. The van der Waals surface area contributed by atoms with Crippen LogP contribution in [0.3, 0.4) is 0 Å². The standard InChI is InChI=1S/C6H13O9P/c7-1-3(8)5(10)6(11)4(9)2-15-16(12,13)14/h1,3-6,8-11H,2H2,(H2,12,13,14)/t3-,4-,5+,6-/m0/s1. The Morgan fingerprint density at radius 2 is 1.62 bits per heavy atom. The Labute approximate surface area is 90.2 Å². The normalized spacial score (nSPS) is 19.9. The molecule has 4 atom stereocenters. The zero-order valence-corrected chi connectivity index (χ0v) is 8.84. The minimum Gasteiger partial charge on any atom is -0.388 e. The van der Waals surface area contributed by atoms with Crippen LogP contribution in [0.25, 0.3) is 0 Å². The van der Waals surface area contributed by atoms with Crippen molar-refractivity contribution < 1.29 is 44.1 Å². The van der Waals surface area contributed by atoms with Crippen LogP contribution >= 0.6 is 7.82 Å². The van der Waals surface area contributed by atoms with Crippen LogP contribution in [0.4, 0.5) is 0 Å². The Hall–Kier alpha value is -0.380. The second-order valence-corrected chi connectivity index (χ2v) is 4.20. The van der Waals surface area contributed by atoms with Crippen molar-refractivity contribution in [3.63, 3.8) is 0 Å². The van der Waals surface area contributed by atoms with Gasteiger partial charge in [-0.3, -0.25) is 4.52 Å². The molecule has 0 saturated carbocycles. The van der Waals surface area contributed by atoms with Crippen LogP contribution in [-0.4, -0.2) is 67.5 Å². The van der Waals surface area contributed by atoms with Crippen molar-refractivity contribution >= 4 is 14.1 Å². The lowest BCUT2D eigenvalue weighted by Crippen LogP contribution is -2.46. The highest BCUT2D eigenvalue weighted by atomic mass is 31.2. The molecule has 0 aliphatic rings. The molecule has 0 unspecified atom stereocenters. The minimum atomic E-state index is -4.80. The first-order chi connectivity index (χ1) is 7.19. The highest BCUT2D eigenvalue weighted by molar-refractivity contribution is 7.46. The van der Waals surface area contributed by atoms with Gasteiger partial charge >= 0.3 is 7.82 Å². The van der Waals surface area contributed by atoms with Gasteiger partial charge in [0.1, 0.15) is 24.4 Å². The van der Waals surface area contributed by atoms with Crippen molar-refractivity contribution in [3.05, 3.63) is 0 Å². The highest BCUT2D eigenvalue weighted by Crippen LogP contribution is 2.35. The van der Waals surface area contributed by atoms with Gasteiger partial charge in [0, 0.05) is 0 Å². The largest absolute Gasteiger partial charge is 0.469 e. The first kappa shape index (κ1) is 15.6. The Morgan fingerprint density at radius 3 is 2.00 bits per heavy atom. The van der Waals surface area contributed by atoms with Crippen molar-refractivity contribution in [2.24, 2.45) is 0 Å². The molecule has 0 radical (unpaired) electrons. The van der Waals surface area contributed by atoms with Crippen molar-refractivity contribution in [1.29, 1.82) is 0 Å². The summed E-state index contributed by atoms with van der Waals surface area (Å²) in [6.07, 6.45) is -7.80. The Balaban J connectivity index is 4.22. The van der Waals surface area contributed by atoms with Gasteiger partial charge in [0.2, 0.25) is 0 Å². The Kier molecular flexibility index (Phi) is 6.23. The first-order valence-electron chi connectivity index (χ1n) is 4.06. The summed E-state index contributed by atoms with van der Waals surface area (Å²) in [7, 11) is -4.80. The first-order valence-corrected chi connectivity index (χ1v) is 5.59. The number of aliphatic hydroxyl groups is 4. The summed E-state index contributed by atoms with van der Waals surface area (Å²) in [4.78, 5) is 26.6. The molecule has 0 spiro atoms. The summed E-state index contributed by atoms with van der Waals surface area (Å²) < 4.78 is 14.1. The average molecular weight is 260 g/mol. The predicted octanol–water partition coefficient (Wildman–Crippen LogP) is -3.26. The molecule has 0 aromatic heterocycles. The van der Waals surface area contributed by atoms with E-state index in [0.29, 0.717) is 0 Å². The fraction of sp³-hybridized carbons (Fsp3) is 0.833. The summed E-state index contributed by atoms with van der Waals surface area (Å²) in [6.45, 7) is -0.964. The van der Waals surface area contributed by atoms with E-state index in [1.807, 2.05) is 0 Å². The zero-order valence-electron chi connectivity index (χ0n) is 7.95. The monoisotopic (exact) mass is 260 g/mol. The molecule has 0 fully saturated rings. The van der Waals surface area contributed by atoms with Gasteiger partial charge in [-0.1, -0.05) is 0 Å². The molecule has 10 heteroatoms. The molecule has 0 aromatic carbocycles. The quantitative estimate of drug-likeness (QED) is 0.203. The summed E-state index contributed by atoms with van der Waals surface area (Å²) in [5.74, 6) is 0. The summed E-state index contributed by atoms with van der Waals surface area (Å²) in [5.41, 5.74) is 0. The lowest BCUT2D eigenvalue weighted by molar-refractivity contribution is -0.136. The smallest absolute Gasteiger partial charge is 0.388 e. The minimum absolute atomic E-state index is 0.0650. The van der Waals surface area contributed by atoms with Crippen LogP contribution in [0.1, 0.15) is 0 Å². The highest BCUT2D eigenvalue weighted by Gasteiger charge is 2.31. The van der Waals surface area contributed by atoms with E-state index >= 15 is 0 Å². The number of hydrogen-bond donors (Lipinski definition) is 6. The molecule has 0 rings (SSSR count). The maximum Gasteiger partial charge on any atom is 0.469 e. The number of carbonyl (C=O) groups is 1. The van der Waals surface area contributed by atoms with Crippen LogP contribution in [0, 0.1) is 0 Å². The molecule has 0 aliphatic carbocycles. The third-order valence-corrected chi connectivity index (χ3v) is 2.13. The van der Waals surface area contributed by atoms with Crippen molar-refractivity contribution in [3.8, 4) is 0 Å². The summed E-state index contributed by atoms with van der Waals surface area (Å²) in [5, 5.41) is 36.1. The second kappa shape index (κ2) is 6.38. The molecular formula is C6H13O9P. The Morgan fingerprint density at radius 1 is 1.12 bits per heavy atom. The number of carbonyl (C=O) groups excluding carboxylic acids is 1.